The van der Waals surface area contributed by atoms with E-state index in [9.17, 15) is 9.59 Å². The van der Waals surface area contributed by atoms with Crippen LogP contribution in [-0.4, -0.2) is 38.0 Å². The quantitative estimate of drug-likeness (QED) is 0.683. The number of hydrogen-bond acceptors (Lipinski definition) is 5. The van der Waals surface area contributed by atoms with Crippen LogP contribution in [0.15, 0.2) is 47.2 Å². The van der Waals surface area contributed by atoms with Gasteiger partial charge in [-0.15, -0.1) is 0 Å². The van der Waals surface area contributed by atoms with Gasteiger partial charge in [-0.3, -0.25) is 14.3 Å². The van der Waals surface area contributed by atoms with E-state index < -0.39 is 6.04 Å². The van der Waals surface area contributed by atoms with Crippen molar-refractivity contribution >= 4 is 11.8 Å². The number of fused-ring (bicyclic) bond motifs is 1. The van der Waals surface area contributed by atoms with Crippen LogP contribution in [0, 0.1) is 5.92 Å². The van der Waals surface area contributed by atoms with Crippen molar-refractivity contribution in [3.05, 3.63) is 71.2 Å². The lowest BCUT2D eigenvalue weighted by atomic mass is 10.0. The summed E-state index contributed by atoms with van der Waals surface area (Å²) in [6, 6.07) is 9.40. The van der Waals surface area contributed by atoms with Crippen LogP contribution >= 0.6 is 0 Å². The Bertz CT molecular complexity index is 1080. The smallest absolute Gasteiger partial charge is 0.276 e. The maximum absolute atomic E-state index is 13.1. The molecule has 0 fully saturated rings. The van der Waals surface area contributed by atoms with Crippen LogP contribution in [0.4, 0.5) is 0 Å². The van der Waals surface area contributed by atoms with E-state index in [0.29, 0.717) is 24.7 Å². The Hall–Kier alpha value is -3.42. The first-order valence-electron chi connectivity index (χ1n) is 10.5. The largest absolute Gasteiger partial charge is 0.446 e. The molecule has 8 heteroatoms. The van der Waals surface area contributed by atoms with Crippen molar-refractivity contribution in [3.63, 3.8) is 0 Å². The number of nitrogens with zero attached hydrogens (tertiary/aromatic N) is 4. The Morgan fingerprint density at radius 3 is 2.65 bits per heavy atom. The molecule has 0 bridgehead atoms. The lowest BCUT2D eigenvalue weighted by Crippen LogP contribution is -2.33. The molecule has 1 aromatic carbocycles. The van der Waals surface area contributed by atoms with Crippen LogP contribution in [-0.2, 0) is 20.0 Å². The van der Waals surface area contributed by atoms with Gasteiger partial charge in [-0.25, -0.2) is 4.98 Å². The molecule has 2 amide bonds. The molecule has 1 N–H and O–H groups in total. The van der Waals surface area contributed by atoms with E-state index >= 15 is 0 Å². The number of aryl methyl sites for hydroxylation is 2. The lowest BCUT2D eigenvalue weighted by molar-refractivity contribution is 0.0739. The van der Waals surface area contributed by atoms with Gasteiger partial charge in [0.05, 0.1) is 0 Å². The van der Waals surface area contributed by atoms with Crippen molar-refractivity contribution in [1.29, 1.82) is 0 Å². The second-order valence-electron chi connectivity index (χ2n) is 8.21. The molecule has 0 spiro atoms. The molecule has 0 saturated heterocycles. The maximum atomic E-state index is 13.1. The Labute approximate surface area is 181 Å². The summed E-state index contributed by atoms with van der Waals surface area (Å²) in [7, 11) is 1.71. The van der Waals surface area contributed by atoms with E-state index in [1.165, 1.54) is 22.1 Å². The van der Waals surface area contributed by atoms with Gasteiger partial charge in [0, 0.05) is 26.3 Å². The van der Waals surface area contributed by atoms with Crippen LogP contribution in [0.1, 0.15) is 64.3 Å². The minimum atomic E-state index is -0.464. The van der Waals surface area contributed by atoms with Gasteiger partial charge in [-0.2, -0.15) is 5.10 Å². The van der Waals surface area contributed by atoms with E-state index in [-0.39, 0.29) is 23.4 Å². The van der Waals surface area contributed by atoms with Crippen molar-refractivity contribution in [2.24, 2.45) is 13.0 Å². The molecular weight excluding hydrogens is 394 g/mol. The predicted molar refractivity (Wildman–Crippen MR) is 114 cm³/mol. The van der Waals surface area contributed by atoms with E-state index in [0.717, 1.165) is 12.8 Å². The van der Waals surface area contributed by atoms with Gasteiger partial charge in [0.2, 0.25) is 5.89 Å². The standard InChI is InChI=1S/C23H27N5O3/c1-15(2)20(26-21(29)19-10-11-24-27(19)3)22-25-18(14-31-22)23(30)28-12-6-9-16-7-4-5-8-17(16)13-28/h4-5,7-8,10-11,14-15,20H,6,9,12-13H2,1-3H3,(H,26,29)/t20-/m0/s1. The van der Waals surface area contributed by atoms with Crippen LogP contribution in [0.5, 0.6) is 0 Å². The second kappa shape index (κ2) is 8.75. The molecule has 0 unspecified atom stereocenters. The average molecular weight is 422 g/mol. The molecule has 0 radical (unpaired) electrons. The molecule has 162 valence electrons. The van der Waals surface area contributed by atoms with Crippen molar-refractivity contribution < 1.29 is 14.0 Å². The van der Waals surface area contributed by atoms with E-state index in [1.54, 1.807) is 19.3 Å². The Morgan fingerprint density at radius 1 is 1.16 bits per heavy atom. The minimum Gasteiger partial charge on any atom is -0.446 e. The highest BCUT2D eigenvalue weighted by molar-refractivity contribution is 5.93. The molecule has 2 aromatic heterocycles. The number of aromatic nitrogens is 3. The van der Waals surface area contributed by atoms with Crippen molar-refractivity contribution in [2.75, 3.05) is 6.54 Å². The maximum Gasteiger partial charge on any atom is 0.276 e. The normalized spacial score (nSPS) is 14.8. The zero-order valence-corrected chi connectivity index (χ0v) is 18.0. The lowest BCUT2D eigenvalue weighted by Gasteiger charge is -2.20. The molecular formula is C23H27N5O3. The highest BCUT2D eigenvalue weighted by Gasteiger charge is 2.28. The molecule has 1 atom stereocenters. The molecule has 3 aromatic rings. The van der Waals surface area contributed by atoms with E-state index in [4.69, 9.17) is 4.42 Å². The van der Waals surface area contributed by atoms with E-state index in [2.05, 4.69) is 27.5 Å². The molecule has 8 nitrogen and oxygen atoms in total. The van der Waals surface area contributed by atoms with Gasteiger partial charge >= 0.3 is 0 Å². The van der Waals surface area contributed by atoms with Crippen molar-refractivity contribution in [2.45, 2.75) is 39.3 Å². The van der Waals surface area contributed by atoms with Crippen LogP contribution in [0.25, 0.3) is 0 Å². The average Bonchev–Trinajstić information content (AvgIpc) is 3.35. The summed E-state index contributed by atoms with van der Waals surface area (Å²) in [6.45, 7) is 5.15. The molecule has 0 saturated carbocycles. The third-order valence-electron chi connectivity index (χ3n) is 5.65. The fourth-order valence-corrected chi connectivity index (χ4v) is 3.89. The first-order valence-corrected chi connectivity index (χ1v) is 10.5. The summed E-state index contributed by atoms with van der Waals surface area (Å²) in [6.07, 6.45) is 4.82. The zero-order valence-electron chi connectivity index (χ0n) is 18.0. The summed E-state index contributed by atoms with van der Waals surface area (Å²) in [5.74, 6) is -0.0889. The summed E-state index contributed by atoms with van der Waals surface area (Å²) >= 11 is 0. The van der Waals surface area contributed by atoms with Gasteiger partial charge in [-0.05, 0) is 36.0 Å². The van der Waals surface area contributed by atoms with Gasteiger partial charge in [0.25, 0.3) is 11.8 Å². The van der Waals surface area contributed by atoms with Crippen LogP contribution < -0.4 is 5.32 Å². The Morgan fingerprint density at radius 2 is 1.94 bits per heavy atom. The predicted octanol–water partition coefficient (Wildman–Crippen LogP) is 3.12. The number of benzene rings is 1. The molecule has 3 heterocycles. The minimum absolute atomic E-state index is 0.0174. The summed E-state index contributed by atoms with van der Waals surface area (Å²) < 4.78 is 7.16. The summed E-state index contributed by atoms with van der Waals surface area (Å²) in [4.78, 5) is 32.0. The van der Waals surface area contributed by atoms with Gasteiger partial charge in [0.15, 0.2) is 5.69 Å². The molecule has 31 heavy (non-hydrogen) atoms. The van der Waals surface area contributed by atoms with Gasteiger partial charge < -0.3 is 14.6 Å². The number of amides is 2. The first kappa shape index (κ1) is 20.8. The number of rotatable bonds is 5. The SMILES string of the molecule is CC(C)[C@H](NC(=O)c1ccnn1C)c1nc(C(=O)N2CCCc3ccccc3C2)co1. The summed E-state index contributed by atoms with van der Waals surface area (Å²) in [5.41, 5.74) is 3.16. The molecule has 1 aliphatic rings. The summed E-state index contributed by atoms with van der Waals surface area (Å²) in [5, 5.41) is 6.98. The van der Waals surface area contributed by atoms with Crippen molar-refractivity contribution in [1.82, 2.24) is 25.0 Å². The van der Waals surface area contributed by atoms with E-state index in [1.807, 2.05) is 30.9 Å². The Balaban J connectivity index is 1.51. The zero-order chi connectivity index (χ0) is 22.0. The third kappa shape index (κ3) is 4.38. The van der Waals surface area contributed by atoms with Gasteiger partial charge in [0.1, 0.15) is 18.0 Å². The Kier molecular flexibility index (Phi) is 5.88. The number of oxazole rings is 1. The molecule has 1 aliphatic heterocycles. The number of hydrogen-bond donors (Lipinski definition) is 1. The van der Waals surface area contributed by atoms with Crippen molar-refractivity contribution in [3.8, 4) is 0 Å². The molecule has 0 aliphatic carbocycles. The second-order valence-corrected chi connectivity index (χ2v) is 8.21. The van der Waals surface area contributed by atoms with Crippen LogP contribution in [0.2, 0.25) is 0 Å². The highest BCUT2D eigenvalue weighted by Crippen LogP contribution is 2.24. The third-order valence-corrected chi connectivity index (χ3v) is 5.65. The fraction of sp³-hybridized carbons (Fsp3) is 0.391. The number of carbonyl (C=O) groups excluding carboxylic acids is 2. The fourth-order valence-electron chi connectivity index (χ4n) is 3.89. The highest BCUT2D eigenvalue weighted by atomic mass is 16.3. The molecule has 4 rings (SSSR count). The number of carbonyl (C=O) groups is 2. The van der Waals surface area contributed by atoms with Crippen LogP contribution in [0.3, 0.4) is 0 Å². The van der Waals surface area contributed by atoms with Gasteiger partial charge in [-0.1, -0.05) is 38.1 Å². The first-order chi connectivity index (χ1) is 14.9. The monoisotopic (exact) mass is 421 g/mol. The topological polar surface area (TPSA) is 93.3 Å². The number of nitrogens with one attached hydrogen (secondary N) is 1.